The van der Waals surface area contributed by atoms with Gasteiger partial charge in [0.15, 0.2) is 11.5 Å². The molecule has 0 bridgehead atoms. The number of thiophene rings is 1. The molecule has 0 radical (unpaired) electrons. The van der Waals surface area contributed by atoms with Gasteiger partial charge in [-0.3, -0.25) is 19.9 Å². The molecule has 0 unspecified atom stereocenters. The quantitative estimate of drug-likeness (QED) is 0.444. The van der Waals surface area contributed by atoms with Crippen LogP contribution < -0.4 is 14.8 Å². The Labute approximate surface area is 171 Å². The van der Waals surface area contributed by atoms with E-state index in [9.17, 15) is 14.9 Å². The molecule has 8 nitrogen and oxygen atoms in total. The summed E-state index contributed by atoms with van der Waals surface area (Å²) in [6.45, 7) is 2.26. The van der Waals surface area contributed by atoms with E-state index in [0.717, 1.165) is 22.5 Å². The highest BCUT2D eigenvalue weighted by molar-refractivity contribution is 7.14. The fraction of sp³-hybridized carbons (Fsp3) is 0.200. The SMILES string of the molecule is COc1cc(CNC(=O)c2cc([N+](=O)[O-])c(C)s2)ccc1OCc1ccncc1. The number of hydrogen-bond donors (Lipinski definition) is 1. The lowest BCUT2D eigenvalue weighted by Crippen LogP contribution is -2.21. The first kappa shape index (κ1) is 20.3. The number of nitrogens with one attached hydrogen (secondary N) is 1. The molecule has 29 heavy (non-hydrogen) atoms. The summed E-state index contributed by atoms with van der Waals surface area (Å²) >= 11 is 1.10. The van der Waals surface area contributed by atoms with Gasteiger partial charge in [-0.2, -0.15) is 0 Å². The van der Waals surface area contributed by atoms with Crippen LogP contribution in [0, 0.1) is 17.0 Å². The van der Waals surface area contributed by atoms with E-state index in [0.29, 0.717) is 27.9 Å². The molecule has 0 saturated carbocycles. The summed E-state index contributed by atoms with van der Waals surface area (Å²) in [6, 6.07) is 10.4. The van der Waals surface area contributed by atoms with Crippen LogP contribution in [0.25, 0.3) is 0 Å². The molecule has 0 saturated heterocycles. The van der Waals surface area contributed by atoms with E-state index >= 15 is 0 Å². The summed E-state index contributed by atoms with van der Waals surface area (Å²) in [6.07, 6.45) is 3.40. The highest BCUT2D eigenvalue weighted by Crippen LogP contribution is 2.30. The Hall–Kier alpha value is -3.46. The number of aryl methyl sites for hydroxylation is 1. The Bertz CT molecular complexity index is 1020. The van der Waals surface area contributed by atoms with Crippen LogP contribution in [0.15, 0.2) is 48.8 Å². The van der Waals surface area contributed by atoms with Crippen molar-refractivity contribution < 1.29 is 19.2 Å². The average molecular weight is 413 g/mol. The second-order valence-corrected chi connectivity index (χ2v) is 7.38. The molecule has 0 atom stereocenters. The highest BCUT2D eigenvalue weighted by Gasteiger charge is 2.19. The van der Waals surface area contributed by atoms with Gasteiger partial charge in [0.2, 0.25) is 0 Å². The predicted octanol–water partition coefficient (Wildman–Crippen LogP) is 3.88. The van der Waals surface area contributed by atoms with Gasteiger partial charge in [0.25, 0.3) is 11.6 Å². The van der Waals surface area contributed by atoms with Gasteiger partial charge in [0, 0.05) is 25.0 Å². The number of pyridine rings is 1. The molecule has 2 heterocycles. The van der Waals surface area contributed by atoms with Crippen molar-refractivity contribution in [3.63, 3.8) is 0 Å². The van der Waals surface area contributed by atoms with Crippen LogP contribution in [0.3, 0.4) is 0 Å². The molecule has 1 N–H and O–H groups in total. The number of ether oxygens (including phenoxy) is 2. The van der Waals surface area contributed by atoms with Crippen molar-refractivity contribution in [3.8, 4) is 11.5 Å². The van der Waals surface area contributed by atoms with Crippen molar-refractivity contribution in [2.75, 3.05) is 7.11 Å². The van der Waals surface area contributed by atoms with E-state index in [4.69, 9.17) is 9.47 Å². The minimum Gasteiger partial charge on any atom is -0.493 e. The predicted molar refractivity (Wildman–Crippen MR) is 108 cm³/mol. The standard InChI is InChI=1S/C20H19N3O5S/c1-13-16(23(25)26)10-19(29-13)20(24)22-11-15-3-4-17(18(9-15)27-2)28-12-14-5-7-21-8-6-14/h3-10H,11-12H2,1-2H3,(H,22,24). The number of carbonyl (C=O) groups excluding carboxylic acids is 1. The zero-order chi connectivity index (χ0) is 20.8. The van der Waals surface area contributed by atoms with E-state index in [-0.39, 0.29) is 18.1 Å². The summed E-state index contributed by atoms with van der Waals surface area (Å²) in [4.78, 5) is 27.5. The number of benzene rings is 1. The number of amides is 1. The summed E-state index contributed by atoms with van der Waals surface area (Å²) in [7, 11) is 1.55. The largest absolute Gasteiger partial charge is 0.493 e. The molecule has 0 spiro atoms. The minimum absolute atomic E-state index is 0.0440. The lowest BCUT2D eigenvalue weighted by Gasteiger charge is -2.12. The van der Waals surface area contributed by atoms with Gasteiger partial charge in [0.05, 0.1) is 21.8 Å². The summed E-state index contributed by atoms with van der Waals surface area (Å²) in [5.74, 6) is 0.778. The maximum Gasteiger partial charge on any atom is 0.283 e. The molecule has 1 amide bonds. The zero-order valence-corrected chi connectivity index (χ0v) is 16.7. The Kier molecular flexibility index (Phi) is 6.40. The van der Waals surface area contributed by atoms with Gasteiger partial charge >= 0.3 is 0 Å². The van der Waals surface area contributed by atoms with Crippen molar-refractivity contribution in [2.45, 2.75) is 20.1 Å². The molecular weight excluding hydrogens is 394 g/mol. The van der Waals surface area contributed by atoms with Crippen LogP contribution in [0.4, 0.5) is 5.69 Å². The molecular formula is C20H19N3O5S. The Balaban J connectivity index is 1.63. The summed E-state index contributed by atoms with van der Waals surface area (Å²) < 4.78 is 11.2. The van der Waals surface area contributed by atoms with Crippen LogP contribution in [-0.2, 0) is 13.2 Å². The summed E-state index contributed by atoms with van der Waals surface area (Å²) in [5.41, 5.74) is 1.76. The van der Waals surface area contributed by atoms with E-state index in [2.05, 4.69) is 10.3 Å². The Morgan fingerprint density at radius 3 is 2.59 bits per heavy atom. The molecule has 0 aliphatic rings. The van der Waals surface area contributed by atoms with Crippen LogP contribution in [-0.4, -0.2) is 22.9 Å². The number of hydrogen-bond acceptors (Lipinski definition) is 7. The molecule has 1 aromatic carbocycles. The first-order valence-corrected chi connectivity index (χ1v) is 9.51. The number of aromatic nitrogens is 1. The number of carbonyl (C=O) groups is 1. The maximum atomic E-state index is 12.3. The molecule has 3 aromatic rings. The molecule has 0 aliphatic carbocycles. The van der Waals surface area contributed by atoms with Crippen LogP contribution in [0.1, 0.15) is 25.7 Å². The third-order valence-electron chi connectivity index (χ3n) is 4.14. The van der Waals surface area contributed by atoms with Gasteiger partial charge in [-0.15, -0.1) is 11.3 Å². The number of methoxy groups -OCH3 is 1. The average Bonchev–Trinajstić information content (AvgIpc) is 3.13. The zero-order valence-electron chi connectivity index (χ0n) is 15.9. The Morgan fingerprint density at radius 2 is 1.93 bits per heavy atom. The summed E-state index contributed by atoms with van der Waals surface area (Å²) in [5, 5.41) is 13.7. The topological polar surface area (TPSA) is 104 Å². The van der Waals surface area contributed by atoms with Crippen LogP contribution in [0.5, 0.6) is 11.5 Å². The second kappa shape index (κ2) is 9.16. The molecule has 0 fully saturated rings. The van der Waals surface area contributed by atoms with E-state index in [1.165, 1.54) is 6.07 Å². The van der Waals surface area contributed by atoms with Gasteiger partial charge < -0.3 is 14.8 Å². The van der Waals surface area contributed by atoms with E-state index in [1.807, 2.05) is 18.2 Å². The second-order valence-electron chi connectivity index (χ2n) is 6.12. The normalized spacial score (nSPS) is 10.4. The fourth-order valence-corrected chi connectivity index (χ4v) is 3.52. The third kappa shape index (κ3) is 5.08. The lowest BCUT2D eigenvalue weighted by molar-refractivity contribution is -0.385. The highest BCUT2D eigenvalue weighted by atomic mass is 32.1. The first-order valence-electron chi connectivity index (χ1n) is 8.69. The monoisotopic (exact) mass is 413 g/mol. The first-order chi connectivity index (χ1) is 14.0. The molecule has 150 valence electrons. The Morgan fingerprint density at radius 1 is 1.17 bits per heavy atom. The molecule has 0 aliphatic heterocycles. The van der Waals surface area contributed by atoms with Crippen molar-refractivity contribution in [1.82, 2.24) is 10.3 Å². The van der Waals surface area contributed by atoms with Crippen molar-refractivity contribution in [2.24, 2.45) is 0 Å². The van der Waals surface area contributed by atoms with Crippen molar-refractivity contribution >= 4 is 22.9 Å². The molecule has 9 heteroatoms. The van der Waals surface area contributed by atoms with Gasteiger partial charge in [-0.05, 0) is 42.3 Å². The van der Waals surface area contributed by atoms with E-state index in [1.54, 1.807) is 38.6 Å². The van der Waals surface area contributed by atoms with Gasteiger partial charge in [0.1, 0.15) is 6.61 Å². The van der Waals surface area contributed by atoms with Crippen LogP contribution >= 0.6 is 11.3 Å². The maximum absolute atomic E-state index is 12.3. The van der Waals surface area contributed by atoms with E-state index < -0.39 is 4.92 Å². The number of nitro groups is 1. The molecule has 2 aromatic heterocycles. The smallest absolute Gasteiger partial charge is 0.283 e. The number of rotatable bonds is 8. The minimum atomic E-state index is -0.488. The van der Waals surface area contributed by atoms with Crippen molar-refractivity contribution in [3.05, 3.63) is 79.8 Å². The van der Waals surface area contributed by atoms with Gasteiger partial charge in [-0.25, -0.2) is 0 Å². The number of nitrogens with zero attached hydrogens (tertiary/aromatic N) is 2. The fourth-order valence-electron chi connectivity index (χ4n) is 2.62. The van der Waals surface area contributed by atoms with Crippen LogP contribution in [0.2, 0.25) is 0 Å². The van der Waals surface area contributed by atoms with Crippen molar-refractivity contribution in [1.29, 1.82) is 0 Å². The van der Waals surface area contributed by atoms with Gasteiger partial charge in [-0.1, -0.05) is 6.07 Å². The lowest BCUT2D eigenvalue weighted by atomic mass is 10.2. The molecule has 3 rings (SSSR count). The third-order valence-corrected chi connectivity index (χ3v) is 5.18.